The molecule has 0 N–H and O–H groups in total. The quantitative estimate of drug-likeness (QED) is 0.137. The summed E-state index contributed by atoms with van der Waals surface area (Å²) < 4.78 is 37.0. The number of carbonyl (C=O) groups is 1. The Morgan fingerprint density at radius 3 is 1.41 bits per heavy atom. The van der Waals surface area contributed by atoms with Crippen molar-refractivity contribution in [3.05, 3.63) is 0 Å². The molecule has 0 aromatic rings. The highest BCUT2D eigenvalue weighted by molar-refractivity contribution is 5.69. The maximum Gasteiger partial charge on any atom is 0.305 e. The molecule has 0 spiro atoms. The van der Waals surface area contributed by atoms with Crippen LogP contribution in [0.2, 0.25) is 0 Å². The molecule has 0 fully saturated rings. The molecule has 2 unspecified atom stereocenters. The van der Waals surface area contributed by atoms with E-state index in [2.05, 4.69) is 13.8 Å². The Hall–Kier alpha value is -0.530. The molecule has 4 atom stereocenters. The van der Waals surface area contributed by atoms with Crippen molar-refractivity contribution in [3.63, 3.8) is 0 Å². The average Bonchev–Trinajstić information content (AvgIpc) is 2.76. The molecule has 0 aromatic heterocycles. The van der Waals surface area contributed by atoms with Crippen LogP contribution < -0.4 is 0 Å². The van der Waals surface area contributed by atoms with Gasteiger partial charge in [0.1, 0.15) is 0 Å². The smallest absolute Gasteiger partial charge is 0.305 e. The predicted molar refractivity (Wildman–Crippen MR) is 119 cm³/mol. The summed E-state index contributed by atoms with van der Waals surface area (Å²) in [6.07, 6.45) is 17.0. The van der Waals surface area contributed by atoms with E-state index in [4.69, 9.17) is 10.2 Å². The Balaban J connectivity index is 3.83. The van der Waals surface area contributed by atoms with Crippen LogP contribution in [-0.2, 0) is 9.53 Å². The van der Waals surface area contributed by atoms with E-state index in [1.54, 1.807) is 0 Å². The lowest BCUT2D eigenvalue weighted by atomic mass is 10.1. The van der Waals surface area contributed by atoms with Gasteiger partial charge in [-0.2, -0.15) is 0 Å². The Bertz CT molecular complexity index is 409. The van der Waals surface area contributed by atoms with E-state index in [-0.39, 0.29) is 0 Å². The molecule has 27 heavy (non-hydrogen) atoms. The third-order valence-corrected chi connectivity index (χ3v) is 4.98. The van der Waals surface area contributed by atoms with Gasteiger partial charge < -0.3 is 4.74 Å². The zero-order valence-electron chi connectivity index (χ0n) is 22.4. The van der Waals surface area contributed by atoms with Gasteiger partial charge in [0.15, 0.2) is 0 Å². The first-order valence-corrected chi connectivity index (χ1v) is 11.8. The number of unbranched alkanes of at least 4 members (excludes halogenated alkanes) is 14. The van der Waals surface area contributed by atoms with E-state index in [0.29, 0.717) is 12.8 Å². The van der Waals surface area contributed by atoms with E-state index in [1.165, 1.54) is 64.2 Å². The van der Waals surface area contributed by atoms with Crippen LogP contribution in [0.3, 0.4) is 0 Å². The predicted octanol–water partition coefficient (Wildman–Crippen LogP) is 8.76. The summed E-state index contributed by atoms with van der Waals surface area (Å²) in [5, 5.41) is 0. The van der Waals surface area contributed by atoms with Crippen molar-refractivity contribution in [2.75, 3.05) is 6.58 Å². The minimum absolute atomic E-state index is 0.516. The number of hydrogen-bond donors (Lipinski definition) is 0. The molecule has 0 bridgehead atoms. The van der Waals surface area contributed by atoms with Gasteiger partial charge in [0.25, 0.3) is 0 Å². The number of hydrogen-bond acceptors (Lipinski definition) is 2. The Morgan fingerprint density at radius 1 is 0.593 bits per heavy atom. The van der Waals surface area contributed by atoms with Gasteiger partial charge in [-0.1, -0.05) is 129 Å². The van der Waals surface area contributed by atoms with Crippen molar-refractivity contribution in [1.82, 2.24) is 0 Å². The zero-order chi connectivity index (χ0) is 23.3. The average molecular weight is 387 g/mol. The second-order valence-corrected chi connectivity index (χ2v) is 7.74. The second-order valence-electron chi connectivity index (χ2n) is 7.74. The number of rotatable bonds is 22. The molecule has 2 nitrogen and oxygen atoms in total. The van der Waals surface area contributed by atoms with Gasteiger partial charge in [-0.05, 0) is 12.8 Å². The SMILES string of the molecule is [2H]C(CCCCCCCCC)C([2H])C(=O)O[C@@H]([2H])[C@@H]([2H])CCCCCCCCCCC. The molecule has 0 amide bonds. The van der Waals surface area contributed by atoms with Gasteiger partial charge in [0.2, 0.25) is 0 Å². The maximum atomic E-state index is 12.1. The zero-order valence-corrected chi connectivity index (χ0v) is 18.4. The fraction of sp³-hybridized carbons (Fsp3) is 0.960. The topological polar surface area (TPSA) is 26.3 Å². The van der Waals surface area contributed by atoms with Gasteiger partial charge in [0, 0.05) is 10.5 Å². The van der Waals surface area contributed by atoms with Crippen molar-refractivity contribution >= 4 is 5.97 Å². The molecule has 0 heterocycles. The Labute approximate surface area is 176 Å². The molecule has 0 saturated carbocycles. The van der Waals surface area contributed by atoms with E-state index in [0.717, 1.165) is 38.5 Å². The summed E-state index contributed by atoms with van der Waals surface area (Å²) in [5.74, 6) is -0.813. The lowest BCUT2D eigenvalue weighted by Crippen LogP contribution is -2.05. The van der Waals surface area contributed by atoms with Crippen LogP contribution in [0.4, 0.5) is 0 Å². The van der Waals surface area contributed by atoms with E-state index < -0.39 is 31.7 Å². The summed E-state index contributed by atoms with van der Waals surface area (Å²) in [7, 11) is 0. The lowest BCUT2D eigenvalue weighted by Gasteiger charge is -2.05. The molecular weight excluding hydrogens is 332 g/mol. The molecule has 0 aliphatic heterocycles. The van der Waals surface area contributed by atoms with Gasteiger partial charge in [0.05, 0.1) is 7.95 Å². The normalized spacial score (nSPS) is 17.9. The molecule has 0 aliphatic rings. The molecule has 162 valence electrons. The number of carbonyl (C=O) groups excluding carboxylic acids is 1. The van der Waals surface area contributed by atoms with Crippen molar-refractivity contribution < 1.29 is 15.0 Å². The van der Waals surface area contributed by atoms with Crippen LogP contribution in [-0.4, -0.2) is 12.6 Å². The van der Waals surface area contributed by atoms with Crippen LogP contribution in [0.25, 0.3) is 0 Å². The molecule has 0 aliphatic carbocycles. The molecule has 0 rings (SSSR count). The van der Waals surface area contributed by atoms with Crippen LogP contribution in [0.5, 0.6) is 0 Å². The summed E-state index contributed by atoms with van der Waals surface area (Å²) >= 11 is 0. The van der Waals surface area contributed by atoms with Gasteiger partial charge >= 0.3 is 5.97 Å². The first kappa shape index (κ1) is 19.8. The van der Waals surface area contributed by atoms with Crippen molar-refractivity contribution in [2.45, 2.75) is 149 Å². The molecule has 0 radical (unpaired) electrons. The first-order valence-electron chi connectivity index (χ1n) is 14.1. The van der Waals surface area contributed by atoms with E-state index in [1.807, 2.05) is 0 Å². The van der Waals surface area contributed by atoms with Crippen LogP contribution >= 0.6 is 0 Å². The Kier molecular flexibility index (Phi) is 17.2. The fourth-order valence-corrected chi connectivity index (χ4v) is 3.19. The summed E-state index contributed by atoms with van der Waals surface area (Å²) in [6, 6.07) is 0. The molecule has 0 aromatic carbocycles. The van der Waals surface area contributed by atoms with Crippen LogP contribution in [0.1, 0.15) is 154 Å². The third-order valence-electron chi connectivity index (χ3n) is 4.98. The van der Waals surface area contributed by atoms with Gasteiger partial charge in [-0.15, -0.1) is 0 Å². The van der Waals surface area contributed by atoms with Crippen LogP contribution in [0.15, 0.2) is 0 Å². The minimum atomic E-state index is -1.27. The third kappa shape index (κ3) is 23.4. The van der Waals surface area contributed by atoms with Crippen molar-refractivity contribution in [3.8, 4) is 0 Å². The molecule has 0 saturated heterocycles. The maximum absolute atomic E-state index is 12.1. The highest BCUT2D eigenvalue weighted by Gasteiger charge is 2.02. The molecule has 2 heteroatoms. The largest absolute Gasteiger partial charge is 0.466 e. The van der Waals surface area contributed by atoms with E-state index >= 15 is 0 Å². The summed E-state index contributed by atoms with van der Waals surface area (Å²) in [6.45, 7) is 3.17. The molecular formula is C25H50O2. The highest BCUT2D eigenvalue weighted by Crippen LogP contribution is 2.12. The summed E-state index contributed by atoms with van der Waals surface area (Å²) in [4.78, 5) is 12.1. The number of ether oxygens (including phenoxy) is 1. The lowest BCUT2D eigenvalue weighted by molar-refractivity contribution is -0.143. The van der Waals surface area contributed by atoms with Crippen molar-refractivity contribution in [2.24, 2.45) is 0 Å². The summed E-state index contributed by atoms with van der Waals surface area (Å²) in [5.41, 5.74) is 0. The van der Waals surface area contributed by atoms with Crippen LogP contribution in [0, 0.1) is 0 Å². The van der Waals surface area contributed by atoms with E-state index in [9.17, 15) is 4.79 Å². The monoisotopic (exact) mass is 386 g/mol. The first-order chi connectivity index (χ1) is 14.9. The van der Waals surface area contributed by atoms with Crippen molar-refractivity contribution in [1.29, 1.82) is 0 Å². The standard InChI is InChI=1S/C25H50O2/c1-3-5-7-9-11-13-14-16-18-20-22-24-27-25(26)23-21-19-17-15-12-10-8-6-4-2/h3-24H2,1-2H3/i21D,22D,23D,24D/t21?,22-,23?,24-/m0/s1. The Morgan fingerprint density at radius 2 is 0.963 bits per heavy atom. The second kappa shape index (κ2) is 23.5. The number of esters is 1. The van der Waals surface area contributed by atoms with Gasteiger partial charge in [-0.25, -0.2) is 0 Å². The minimum Gasteiger partial charge on any atom is -0.466 e. The fourth-order valence-electron chi connectivity index (χ4n) is 3.19. The van der Waals surface area contributed by atoms with Gasteiger partial charge in [-0.3, -0.25) is 4.79 Å². The highest BCUT2D eigenvalue weighted by atomic mass is 16.5.